The molecular formula is C26H25N3O4S. The van der Waals surface area contributed by atoms with Crippen LogP contribution in [-0.4, -0.2) is 35.8 Å². The lowest BCUT2D eigenvalue weighted by Crippen LogP contribution is -2.24. The molecule has 3 rings (SSSR count). The van der Waals surface area contributed by atoms with Crippen LogP contribution in [0.4, 0.5) is 5.69 Å². The molecule has 1 amide bonds. The van der Waals surface area contributed by atoms with Crippen LogP contribution < -0.4 is 10.1 Å². The first-order valence-electron chi connectivity index (χ1n) is 10.8. The molecule has 7 nitrogen and oxygen atoms in total. The van der Waals surface area contributed by atoms with Gasteiger partial charge >= 0.3 is 5.97 Å². The second-order valence-corrected chi connectivity index (χ2v) is 8.38. The summed E-state index contributed by atoms with van der Waals surface area (Å²) in [4.78, 5) is 29.4. The van der Waals surface area contributed by atoms with Gasteiger partial charge in [-0.05, 0) is 74.0 Å². The monoisotopic (exact) mass is 475 g/mol. The first-order valence-corrected chi connectivity index (χ1v) is 11.7. The van der Waals surface area contributed by atoms with Gasteiger partial charge in [0.05, 0.1) is 35.8 Å². The zero-order valence-corrected chi connectivity index (χ0v) is 20.0. The maximum Gasteiger partial charge on any atom is 0.338 e. The summed E-state index contributed by atoms with van der Waals surface area (Å²) in [6, 6.07) is 19.7. The highest BCUT2D eigenvalue weighted by molar-refractivity contribution is 8.00. The normalized spacial score (nSPS) is 11.2. The van der Waals surface area contributed by atoms with Crippen molar-refractivity contribution < 1.29 is 19.1 Å². The van der Waals surface area contributed by atoms with Crippen LogP contribution >= 0.6 is 11.8 Å². The van der Waals surface area contributed by atoms with Crippen LogP contribution in [0, 0.1) is 11.3 Å². The predicted molar refractivity (Wildman–Crippen MR) is 132 cm³/mol. The minimum Gasteiger partial charge on any atom is -0.497 e. The molecule has 34 heavy (non-hydrogen) atoms. The molecule has 3 aromatic rings. The van der Waals surface area contributed by atoms with E-state index >= 15 is 0 Å². The van der Waals surface area contributed by atoms with Gasteiger partial charge in [-0.2, -0.15) is 5.26 Å². The fourth-order valence-corrected chi connectivity index (χ4v) is 4.12. The zero-order valence-electron chi connectivity index (χ0n) is 19.2. The van der Waals surface area contributed by atoms with Crippen molar-refractivity contribution in [1.29, 1.82) is 5.26 Å². The summed E-state index contributed by atoms with van der Waals surface area (Å²) >= 11 is 1.25. The largest absolute Gasteiger partial charge is 0.497 e. The van der Waals surface area contributed by atoms with Gasteiger partial charge in [-0.3, -0.25) is 4.79 Å². The van der Waals surface area contributed by atoms with E-state index in [0.29, 0.717) is 40.6 Å². The van der Waals surface area contributed by atoms with Crippen molar-refractivity contribution in [2.75, 3.05) is 19.0 Å². The molecule has 1 N–H and O–H groups in total. The number of carbonyl (C=O) groups is 2. The maximum absolute atomic E-state index is 12.9. The summed E-state index contributed by atoms with van der Waals surface area (Å²) in [5.41, 5.74) is 2.98. The van der Waals surface area contributed by atoms with Crippen molar-refractivity contribution in [3.05, 3.63) is 71.8 Å². The molecule has 1 atom stereocenters. The number of benzene rings is 2. The van der Waals surface area contributed by atoms with E-state index in [1.54, 1.807) is 50.4 Å². The van der Waals surface area contributed by atoms with Crippen LogP contribution in [0.3, 0.4) is 0 Å². The van der Waals surface area contributed by atoms with E-state index in [4.69, 9.17) is 9.47 Å². The molecule has 0 fully saturated rings. The molecule has 174 valence electrons. The quantitative estimate of drug-likeness (QED) is 0.330. The third-order valence-corrected chi connectivity index (χ3v) is 6.31. The van der Waals surface area contributed by atoms with Gasteiger partial charge in [-0.1, -0.05) is 18.7 Å². The fraction of sp³-hybridized carbons (Fsp3) is 0.231. The SMILES string of the molecule is CCOC(=O)c1ccc(NC(=O)C(CC)Sc2nc(-c3ccc(OC)cc3)ccc2C#N)cc1. The van der Waals surface area contributed by atoms with Gasteiger partial charge in [-0.25, -0.2) is 9.78 Å². The van der Waals surface area contributed by atoms with Gasteiger partial charge in [0.25, 0.3) is 0 Å². The van der Waals surface area contributed by atoms with E-state index in [0.717, 1.165) is 11.3 Å². The minimum absolute atomic E-state index is 0.211. The van der Waals surface area contributed by atoms with Crippen LogP contribution in [0.2, 0.25) is 0 Å². The average Bonchev–Trinajstić information content (AvgIpc) is 2.87. The number of nitrogens with zero attached hydrogens (tertiary/aromatic N) is 2. The number of nitriles is 1. The summed E-state index contributed by atoms with van der Waals surface area (Å²) in [5.74, 6) is 0.121. The smallest absolute Gasteiger partial charge is 0.338 e. The van der Waals surface area contributed by atoms with Gasteiger partial charge in [0.15, 0.2) is 0 Å². The molecule has 1 heterocycles. The third-order valence-electron chi connectivity index (χ3n) is 4.95. The lowest BCUT2D eigenvalue weighted by molar-refractivity contribution is -0.115. The lowest BCUT2D eigenvalue weighted by Gasteiger charge is -2.16. The van der Waals surface area contributed by atoms with Crippen molar-refractivity contribution in [3.63, 3.8) is 0 Å². The number of thioether (sulfide) groups is 1. The average molecular weight is 476 g/mol. The number of methoxy groups -OCH3 is 1. The molecule has 2 aromatic carbocycles. The van der Waals surface area contributed by atoms with Crippen LogP contribution in [0.5, 0.6) is 5.75 Å². The molecule has 0 spiro atoms. The summed E-state index contributed by atoms with van der Waals surface area (Å²) < 4.78 is 10.2. The van der Waals surface area contributed by atoms with Gasteiger partial charge in [-0.15, -0.1) is 0 Å². The van der Waals surface area contributed by atoms with E-state index in [1.165, 1.54) is 11.8 Å². The Morgan fingerprint density at radius 1 is 1.06 bits per heavy atom. The lowest BCUT2D eigenvalue weighted by atomic mass is 10.1. The molecule has 1 aromatic heterocycles. The third kappa shape index (κ3) is 6.15. The Labute approximate surface area is 203 Å². The standard InChI is InChI=1S/C26H25N3O4S/c1-4-23(24(30)28-20-11-6-18(7-12-20)26(31)33-5-2)34-25-19(16-27)10-15-22(29-25)17-8-13-21(32-3)14-9-17/h6-15,23H,4-5H2,1-3H3,(H,28,30). The summed E-state index contributed by atoms with van der Waals surface area (Å²) in [6.45, 7) is 3.94. The molecule has 1 unspecified atom stereocenters. The van der Waals surface area contributed by atoms with Crippen LogP contribution in [0.25, 0.3) is 11.3 Å². The van der Waals surface area contributed by atoms with Gasteiger partial charge in [0.2, 0.25) is 5.91 Å². The Balaban J connectivity index is 1.76. The Bertz CT molecular complexity index is 1190. The Hall–Kier alpha value is -3.83. The molecule has 0 aliphatic heterocycles. The van der Waals surface area contributed by atoms with E-state index in [1.807, 2.05) is 31.2 Å². The Morgan fingerprint density at radius 2 is 1.76 bits per heavy atom. The molecule has 0 bridgehead atoms. The molecule has 0 aliphatic carbocycles. The van der Waals surface area contributed by atoms with Crippen molar-refractivity contribution >= 4 is 29.3 Å². The van der Waals surface area contributed by atoms with E-state index in [9.17, 15) is 14.9 Å². The van der Waals surface area contributed by atoms with Gasteiger partial charge in [0.1, 0.15) is 16.8 Å². The first kappa shape index (κ1) is 24.8. The van der Waals surface area contributed by atoms with E-state index in [-0.39, 0.29) is 5.91 Å². The topological polar surface area (TPSA) is 101 Å². The van der Waals surface area contributed by atoms with Gasteiger partial charge in [0, 0.05) is 11.3 Å². The number of esters is 1. The van der Waals surface area contributed by atoms with Crippen molar-refractivity contribution in [2.45, 2.75) is 30.5 Å². The number of rotatable bonds is 9. The second kappa shape index (κ2) is 11.9. The summed E-state index contributed by atoms with van der Waals surface area (Å²) in [6.07, 6.45) is 0.538. The van der Waals surface area contributed by atoms with Crippen molar-refractivity contribution in [3.8, 4) is 23.1 Å². The number of anilines is 1. The summed E-state index contributed by atoms with van der Waals surface area (Å²) in [5, 5.41) is 12.5. The summed E-state index contributed by atoms with van der Waals surface area (Å²) in [7, 11) is 1.61. The number of carbonyl (C=O) groups excluding carboxylic acids is 2. The second-order valence-electron chi connectivity index (χ2n) is 7.19. The molecule has 0 saturated carbocycles. The highest BCUT2D eigenvalue weighted by Crippen LogP contribution is 2.31. The fourth-order valence-electron chi connectivity index (χ4n) is 3.12. The highest BCUT2D eigenvalue weighted by Gasteiger charge is 2.21. The van der Waals surface area contributed by atoms with Crippen molar-refractivity contribution in [2.24, 2.45) is 0 Å². The minimum atomic E-state index is -0.463. The number of nitrogens with one attached hydrogen (secondary N) is 1. The number of pyridine rings is 1. The number of ether oxygens (including phenoxy) is 2. The molecule has 8 heteroatoms. The van der Waals surface area contributed by atoms with E-state index in [2.05, 4.69) is 16.4 Å². The highest BCUT2D eigenvalue weighted by atomic mass is 32.2. The number of aromatic nitrogens is 1. The number of hydrogen-bond acceptors (Lipinski definition) is 7. The molecular weight excluding hydrogens is 450 g/mol. The van der Waals surface area contributed by atoms with Crippen LogP contribution in [0.15, 0.2) is 65.7 Å². The maximum atomic E-state index is 12.9. The Morgan fingerprint density at radius 3 is 2.35 bits per heavy atom. The predicted octanol–water partition coefficient (Wildman–Crippen LogP) is 5.31. The number of hydrogen-bond donors (Lipinski definition) is 1. The van der Waals surface area contributed by atoms with Crippen LogP contribution in [-0.2, 0) is 9.53 Å². The molecule has 0 saturated heterocycles. The zero-order chi connectivity index (χ0) is 24.5. The molecule has 0 aliphatic rings. The van der Waals surface area contributed by atoms with Crippen LogP contribution in [0.1, 0.15) is 36.2 Å². The van der Waals surface area contributed by atoms with E-state index < -0.39 is 11.2 Å². The first-order chi connectivity index (χ1) is 16.5. The Kier molecular flexibility index (Phi) is 8.66. The number of amides is 1. The molecule has 0 radical (unpaired) electrons. The van der Waals surface area contributed by atoms with Crippen molar-refractivity contribution in [1.82, 2.24) is 4.98 Å². The van der Waals surface area contributed by atoms with Gasteiger partial charge < -0.3 is 14.8 Å².